The summed E-state index contributed by atoms with van der Waals surface area (Å²) in [6.07, 6.45) is 1.63. The topological polar surface area (TPSA) is 166 Å². The highest BCUT2D eigenvalue weighted by molar-refractivity contribution is 7.98. The third-order valence-electron chi connectivity index (χ3n) is 7.68. The molecule has 0 unspecified atom stereocenters. The second kappa shape index (κ2) is 14.7. The molecule has 1 aliphatic heterocycles. The number of benzene rings is 3. The van der Waals surface area contributed by atoms with Gasteiger partial charge in [0, 0.05) is 35.0 Å². The number of rotatable bonds is 10. The molecule has 4 N–H and O–H groups in total. The van der Waals surface area contributed by atoms with Crippen LogP contribution < -0.4 is 15.3 Å². The van der Waals surface area contributed by atoms with Crippen LogP contribution in [0.3, 0.4) is 0 Å². The van der Waals surface area contributed by atoms with Crippen molar-refractivity contribution in [1.29, 1.82) is 0 Å². The van der Waals surface area contributed by atoms with Gasteiger partial charge in [-0.05, 0) is 53.6 Å². The number of aromatic nitrogens is 2. The molecule has 19 heteroatoms. The Morgan fingerprint density at radius 3 is 2.35 bits per heavy atom. The summed E-state index contributed by atoms with van der Waals surface area (Å²) in [5.74, 6) is -0.369. The first kappa shape index (κ1) is 37.3. The van der Waals surface area contributed by atoms with Gasteiger partial charge in [0.15, 0.2) is 5.16 Å². The van der Waals surface area contributed by atoms with Gasteiger partial charge in [-0.15, -0.1) is 0 Å². The van der Waals surface area contributed by atoms with Gasteiger partial charge < -0.3 is 4.74 Å². The summed E-state index contributed by atoms with van der Waals surface area (Å²) in [4.78, 5) is 16.6. The second-order valence-electron chi connectivity index (χ2n) is 11.4. The lowest BCUT2D eigenvalue weighted by Crippen LogP contribution is -2.52. The van der Waals surface area contributed by atoms with Crippen molar-refractivity contribution < 1.29 is 30.8 Å². The number of morpholine rings is 1. The fourth-order valence-electron chi connectivity index (χ4n) is 5.00. The van der Waals surface area contributed by atoms with Crippen LogP contribution in [-0.4, -0.2) is 63.7 Å². The lowest BCUT2D eigenvalue weighted by molar-refractivity contribution is 0.0200. The van der Waals surface area contributed by atoms with Crippen molar-refractivity contribution in [1.82, 2.24) is 24.7 Å². The number of hydrogen-bond acceptors (Lipinski definition) is 9. The van der Waals surface area contributed by atoms with E-state index in [0.29, 0.717) is 54.0 Å². The third-order valence-corrected chi connectivity index (χ3v) is 12.0. The normalized spacial score (nSPS) is 14.5. The monoisotopic (exact) mass is 790 g/mol. The van der Waals surface area contributed by atoms with Crippen LogP contribution in [0.25, 0.3) is 5.69 Å². The van der Waals surface area contributed by atoms with E-state index in [1.54, 1.807) is 27.9 Å². The number of nitrogens with one attached hydrogen (secondary N) is 2. The van der Waals surface area contributed by atoms with Gasteiger partial charge >= 0.3 is 6.03 Å². The van der Waals surface area contributed by atoms with E-state index in [4.69, 9.17) is 44.7 Å². The molecule has 1 saturated heterocycles. The predicted octanol–water partition coefficient (Wildman–Crippen LogP) is 5.47. The van der Waals surface area contributed by atoms with Gasteiger partial charge in [0.2, 0.25) is 10.0 Å². The van der Waals surface area contributed by atoms with Crippen LogP contribution in [0.2, 0.25) is 15.1 Å². The first-order valence-corrected chi connectivity index (χ1v) is 19.6. The lowest BCUT2D eigenvalue weighted by Gasteiger charge is -2.28. The van der Waals surface area contributed by atoms with Gasteiger partial charge in [0.05, 0.1) is 40.0 Å². The third kappa shape index (κ3) is 8.52. The van der Waals surface area contributed by atoms with Gasteiger partial charge in [-0.1, -0.05) is 72.5 Å². The number of ether oxygens (including phenoxy) is 1. The molecule has 0 atom stereocenters. The number of hydrogen-bond donors (Lipinski definition) is 3. The van der Waals surface area contributed by atoms with Gasteiger partial charge in [0.25, 0.3) is 10.0 Å². The minimum atomic E-state index is -4.24. The van der Waals surface area contributed by atoms with E-state index in [1.807, 2.05) is 18.6 Å². The standard InChI is InChI=1S/C30H30Cl3FN6O6S3/c1-30(2,19-4-8-26(24(33)13-19)48(35,42)43)27-16-36-29(40(27)20-5-7-25(34)23(32)14-20)47-17-18-3-6-21(15-22(18)31)49(44,45)38-28(41)37-39-9-11-46-12-10-39/h3-8,13-16H,9-12,17H2,1-2H3,(H2,35,42,43)(H2,37,38,41). The number of nitrogens with zero attached hydrogens (tertiary/aromatic N) is 3. The van der Waals surface area contributed by atoms with Crippen molar-refractivity contribution in [3.63, 3.8) is 0 Å². The SMILES string of the molecule is CC(C)(c1ccc(S(N)(=O)=O)c(Cl)c1)c1cnc(SCc2ccc(S(=O)(=O)NC(=O)NN3CCOCC3)cc2Cl)n1-c1ccc(F)c(Cl)c1. The Bertz CT molecular complexity index is 2130. The molecule has 0 aliphatic carbocycles. The predicted molar refractivity (Wildman–Crippen MR) is 186 cm³/mol. The molecule has 49 heavy (non-hydrogen) atoms. The fourth-order valence-corrected chi connectivity index (χ4v) is 8.58. The highest BCUT2D eigenvalue weighted by Gasteiger charge is 2.31. The number of nitrogens with two attached hydrogens (primary N) is 1. The molecule has 1 aliphatic rings. The van der Waals surface area contributed by atoms with E-state index in [9.17, 15) is 26.0 Å². The molecule has 4 aromatic rings. The number of hydrazine groups is 1. The van der Waals surface area contributed by atoms with Gasteiger partial charge in [-0.3, -0.25) is 9.99 Å². The molecule has 5 rings (SSSR count). The number of carbonyl (C=O) groups excluding carboxylic acids is 1. The van der Waals surface area contributed by atoms with Crippen LogP contribution in [-0.2, 0) is 36.0 Å². The number of halogens is 4. The van der Waals surface area contributed by atoms with Crippen molar-refractivity contribution in [3.05, 3.63) is 98.5 Å². The largest absolute Gasteiger partial charge is 0.379 e. The maximum absolute atomic E-state index is 14.2. The number of sulfonamides is 2. The highest BCUT2D eigenvalue weighted by Crippen LogP contribution is 2.39. The first-order chi connectivity index (χ1) is 23.0. The van der Waals surface area contributed by atoms with Crippen LogP contribution in [0, 0.1) is 5.82 Å². The van der Waals surface area contributed by atoms with Crippen LogP contribution in [0.4, 0.5) is 9.18 Å². The van der Waals surface area contributed by atoms with Crippen LogP contribution in [0.15, 0.2) is 75.7 Å². The van der Waals surface area contributed by atoms with E-state index in [2.05, 4.69) is 10.4 Å². The Morgan fingerprint density at radius 1 is 1.00 bits per heavy atom. The van der Waals surface area contributed by atoms with Gasteiger partial charge in [-0.25, -0.2) is 45.9 Å². The Kier molecular flexibility index (Phi) is 11.2. The maximum atomic E-state index is 14.2. The van der Waals surface area contributed by atoms with Gasteiger partial charge in [0.1, 0.15) is 10.7 Å². The molecular formula is C30H30Cl3FN6O6S3. The molecule has 0 saturated carbocycles. The Morgan fingerprint density at radius 2 is 1.71 bits per heavy atom. The summed E-state index contributed by atoms with van der Waals surface area (Å²) in [6.45, 7) is 5.41. The Balaban J connectivity index is 1.42. The highest BCUT2D eigenvalue weighted by atomic mass is 35.5. The maximum Gasteiger partial charge on any atom is 0.343 e. The summed E-state index contributed by atoms with van der Waals surface area (Å²) in [7, 11) is -8.29. The molecule has 2 heterocycles. The van der Waals surface area contributed by atoms with Crippen LogP contribution in [0.5, 0.6) is 0 Å². The fraction of sp³-hybridized carbons (Fsp3) is 0.267. The van der Waals surface area contributed by atoms with Crippen molar-refractivity contribution in [2.75, 3.05) is 26.3 Å². The molecule has 12 nitrogen and oxygen atoms in total. The quantitative estimate of drug-likeness (QED) is 0.177. The molecule has 0 bridgehead atoms. The zero-order chi connectivity index (χ0) is 35.7. The molecule has 2 amide bonds. The average Bonchev–Trinajstić information content (AvgIpc) is 3.46. The summed E-state index contributed by atoms with van der Waals surface area (Å²) in [6, 6.07) is 11.9. The minimum Gasteiger partial charge on any atom is -0.379 e. The number of thioether (sulfide) groups is 1. The number of primary sulfonamides is 1. The van der Waals surface area contributed by atoms with Gasteiger partial charge in [-0.2, -0.15) is 0 Å². The van der Waals surface area contributed by atoms with E-state index in [0.717, 1.165) is 0 Å². The number of urea groups is 1. The second-order valence-corrected chi connectivity index (χ2v) is 16.7. The summed E-state index contributed by atoms with van der Waals surface area (Å²) < 4.78 is 72.9. The number of amides is 2. The summed E-state index contributed by atoms with van der Waals surface area (Å²) in [5.41, 5.74) is 3.99. The van der Waals surface area contributed by atoms with Crippen LogP contribution >= 0.6 is 46.6 Å². The molecule has 0 radical (unpaired) electrons. The van der Waals surface area contributed by atoms with Crippen molar-refractivity contribution in [2.45, 2.75) is 40.0 Å². The Labute approximate surface area is 302 Å². The molecule has 262 valence electrons. The van der Waals surface area contributed by atoms with Crippen molar-refractivity contribution in [3.8, 4) is 5.69 Å². The summed E-state index contributed by atoms with van der Waals surface area (Å²) >= 11 is 20.3. The zero-order valence-corrected chi connectivity index (χ0v) is 30.6. The molecular weight excluding hydrogens is 762 g/mol. The van der Waals surface area contributed by atoms with E-state index in [-0.39, 0.29) is 30.6 Å². The molecule has 1 fully saturated rings. The molecule has 3 aromatic carbocycles. The number of carbonyl (C=O) groups is 1. The lowest BCUT2D eigenvalue weighted by atomic mass is 9.81. The average molecular weight is 792 g/mol. The van der Waals surface area contributed by atoms with Crippen LogP contribution in [0.1, 0.15) is 30.7 Å². The van der Waals surface area contributed by atoms with E-state index in [1.165, 1.54) is 54.2 Å². The minimum absolute atomic E-state index is 0.0494. The molecule has 0 spiro atoms. The summed E-state index contributed by atoms with van der Waals surface area (Å²) in [5, 5.41) is 7.29. The molecule has 1 aromatic heterocycles. The smallest absolute Gasteiger partial charge is 0.343 e. The number of imidazole rings is 1. The Hall–Kier alpha value is -2.93. The van der Waals surface area contributed by atoms with Crippen molar-refractivity contribution >= 4 is 72.6 Å². The zero-order valence-electron chi connectivity index (χ0n) is 25.9. The first-order valence-electron chi connectivity index (χ1n) is 14.4. The van der Waals surface area contributed by atoms with E-state index < -0.39 is 37.3 Å². The van der Waals surface area contributed by atoms with Crippen molar-refractivity contribution in [2.24, 2.45) is 5.14 Å². The van der Waals surface area contributed by atoms with E-state index >= 15 is 0 Å².